The number of aliphatic carboxylic acids is 1. The van der Waals surface area contributed by atoms with E-state index in [4.69, 9.17) is 0 Å². The molecule has 0 bridgehead atoms. The molecule has 0 unspecified atom stereocenters. The number of hydrogen-bond acceptors (Lipinski definition) is 1. The number of nitrogens with one attached hydrogen (secondary N) is 1. The normalized spacial score (nSPS) is 15.3. The summed E-state index contributed by atoms with van der Waals surface area (Å²) in [4.78, 5) is 14.8. The summed E-state index contributed by atoms with van der Waals surface area (Å²) in [5.41, 5.74) is 4.40. The van der Waals surface area contributed by atoms with Crippen molar-refractivity contribution in [1.29, 1.82) is 0 Å². The van der Waals surface area contributed by atoms with E-state index in [0.717, 1.165) is 18.4 Å². The minimum Gasteiger partial charge on any atom is -0.481 e. The maximum absolute atomic E-state index is 11.3. The first-order valence-corrected chi connectivity index (χ1v) is 7.33. The van der Waals surface area contributed by atoms with Crippen molar-refractivity contribution in [3.8, 4) is 0 Å². The number of fused-ring (bicyclic) bond motifs is 3. The Hall–Kier alpha value is -1.77. The number of hydrogen-bond donors (Lipinski definition) is 2. The van der Waals surface area contributed by atoms with Crippen LogP contribution in [0.2, 0.25) is 0 Å². The second-order valence-corrected chi connectivity index (χ2v) is 6.53. The minimum atomic E-state index is -0.742. The summed E-state index contributed by atoms with van der Waals surface area (Å²) >= 11 is 0. The first kappa shape index (κ1) is 13.2. The Morgan fingerprint density at radius 3 is 2.80 bits per heavy atom. The van der Waals surface area contributed by atoms with Crippen LogP contribution in [0.15, 0.2) is 18.2 Å². The van der Waals surface area contributed by atoms with Crippen LogP contribution in [0.25, 0.3) is 10.9 Å². The van der Waals surface area contributed by atoms with Crippen molar-refractivity contribution >= 4 is 16.9 Å². The molecule has 20 heavy (non-hydrogen) atoms. The highest BCUT2D eigenvalue weighted by molar-refractivity contribution is 5.86. The zero-order chi connectivity index (χ0) is 14.3. The second kappa shape index (κ2) is 4.65. The molecule has 1 aliphatic rings. The summed E-state index contributed by atoms with van der Waals surface area (Å²) in [5, 5.41) is 10.6. The van der Waals surface area contributed by atoms with Gasteiger partial charge in [0.15, 0.2) is 0 Å². The van der Waals surface area contributed by atoms with Gasteiger partial charge in [-0.05, 0) is 69.2 Å². The Bertz CT molecular complexity index is 667. The van der Waals surface area contributed by atoms with Crippen LogP contribution in [0, 0.1) is 5.41 Å². The highest BCUT2D eigenvalue weighted by Gasteiger charge is 2.27. The van der Waals surface area contributed by atoms with Gasteiger partial charge in [-0.1, -0.05) is 6.07 Å². The van der Waals surface area contributed by atoms with Crippen molar-refractivity contribution in [3.63, 3.8) is 0 Å². The summed E-state index contributed by atoms with van der Waals surface area (Å²) in [6, 6.07) is 6.33. The summed E-state index contributed by atoms with van der Waals surface area (Å²) < 4.78 is 0. The highest BCUT2D eigenvalue weighted by atomic mass is 16.4. The number of carboxylic acids is 1. The predicted octanol–water partition coefficient (Wildman–Crippen LogP) is 3.70. The molecule has 0 spiro atoms. The zero-order valence-electron chi connectivity index (χ0n) is 12.1. The van der Waals surface area contributed by atoms with Crippen LogP contribution in [0.4, 0.5) is 0 Å². The number of carboxylic acid groups (broad SMARTS) is 1. The molecule has 1 heterocycles. The first-order valence-electron chi connectivity index (χ1n) is 7.33. The molecular weight excluding hydrogens is 250 g/mol. The molecule has 0 saturated heterocycles. The Labute approximate surface area is 119 Å². The number of aryl methyl sites for hydroxylation is 2. The van der Waals surface area contributed by atoms with E-state index in [-0.39, 0.29) is 0 Å². The van der Waals surface area contributed by atoms with Gasteiger partial charge in [-0.3, -0.25) is 4.79 Å². The van der Waals surface area contributed by atoms with Gasteiger partial charge in [0.1, 0.15) is 0 Å². The highest BCUT2D eigenvalue weighted by Crippen LogP contribution is 2.31. The van der Waals surface area contributed by atoms with Crippen molar-refractivity contribution in [3.05, 3.63) is 35.0 Å². The number of aromatic nitrogens is 1. The standard InChI is InChI=1S/C17H21NO2/c1-17(2,16(19)20)10-11-7-8-15-13(9-11)12-5-3-4-6-14(12)18-15/h7-9,18H,3-6,10H2,1-2H3,(H,19,20). The Balaban J connectivity index is 2.00. The lowest BCUT2D eigenvalue weighted by Crippen LogP contribution is -2.26. The number of H-pyrrole nitrogens is 1. The summed E-state index contributed by atoms with van der Waals surface area (Å²) in [6.45, 7) is 3.57. The fourth-order valence-corrected chi connectivity index (χ4v) is 3.15. The Morgan fingerprint density at radius 1 is 1.30 bits per heavy atom. The van der Waals surface area contributed by atoms with E-state index in [1.165, 1.54) is 35.0 Å². The van der Waals surface area contributed by atoms with E-state index < -0.39 is 11.4 Å². The molecule has 2 N–H and O–H groups in total. The summed E-state index contributed by atoms with van der Waals surface area (Å²) in [7, 11) is 0. The molecule has 0 saturated carbocycles. The summed E-state index contributed by atoms with van der Waals surface area (Å²) in [5.74, 6) is -0.742. The SMILES string of the molecule is CC(C)(Cc1ccc2[nH]c3c(c2c1)CCCC3)C(=O)O. The molecule has 3 rings (SSSR count). The molecule has 1 aromatic heterocycles. The van der Waals surface area contributed by atoms with E-state index in [1.807, 2.05) is 0 Å². The van der Waals surface area contributed by atoms with Crippen LogP contribution < -0.4 is 0 Å². The molecule has 3 heteroatoms. The molecule has 3 nitrogen and oxygen atoms in total. The van der Waals surface area contributed by atoms with E-state index in [2.05, 4.69) is 23.2 Å². The van der Waals surface area contributed by atoms with E-state index in [9.17, 15) is 9.90 Å². The fraction of sp³-hybridized carbons (Fsp3) is 0.471. The molecule has 2 aromatic rings. The van der Waals surface area contributed by atoms with Crippen LogP contribution in [-0.4, -0.2) is 16.1 Å². The first-order chi connectivity index (χ1) is 9.47. The van der Waals surface area contributed by atoms with Gasteiger partial charge in [-0.25, -0.2) is 0 Å². The number of aromatic amines is 1. The minimum absolute atomic E-state index is 0.568. The average molecular weight is 271 g/mol. The fourth-order valence-electron chi connectivity index (χ4n) is 3.15. The Kier molecular flexibility index (Phi) is 3.08. The van der Waals surface area contributed by atoms with Crippen molar-refractivity contribution in [1.82, 2.24) is 4.98 Å². The van der Waals surface area contributed by atoms with Crippen molar-refractivity contribution in [2.45, 2.75) is 46.0 Å². The zero-order valence-corrected chi connectivity index (χ0v) is 12.1. The molecule has 106 valence electrons. The van der Waals surface area contributed by atoms with Crippen LogP contribution in [0.1, 0.15) is 43.5 Å². The lowest BCUT2D eigenvalue weighted by molar-refractivity contribution is -0.146. The maximum atomic E-state index is 11.3. The van der Waals surface area contributed by atoms with Gasteiger partial charge in [0.2, 0.25) is 0 Å². The summed E-state index contributed by atoms with van der Waals surface area (Å²) in [6.07, 6.45) is 5.36. The van der Waals surface area contributed by atoms with Gasteiger partial charge in [0.25, 0.3) is 0 Å². The molecular formula is C17H21NO2. The lowest BCUT2D eigenvalue weighted by atomic mass is 9.85. The quantitative estimate of drug-likeness (QED) is 0.894. The number of rotatable bonds is 3. The number of benzene rings is 1. The van der Waals surface area contributed by atoms with Gasteiger partial charge in [0.05, 0.1) is 5.41 Å². The van der Waals surface area contributed by atoms with E-state index >= 15 is 0 Å². The van der Waals surface area contributed by atoms with E-state index in [0.29, 0.717) is 6.42 Å². The van der Waals surface area contributed by atoms with Gasteiger partial charge in [-0.15, -0.1) is 0 Å². The molecule has 0 atom stereocenters. The third kappa shape index (κ3) is 2.21. The molecule has 0 aliphatic heterocycles. The van der Waals surface area contributed by atoms with Gasteiger partial charge < -0.3 is 10.1 Å². The van der Waals surface area contributed by atoms with Crippen molar-refractivity contribution in [2.24, 2.45) is 5.41 Å². The largest absolute Gasteiger partial charge is 0.481 e. The lowest BCUT2D eigenvalue weighted by Gasteiger charge is -2.19. The van der Waals surface area contributed by atoms with Crippen molar-refractivity contribution in [2.75, 3.05) is 0 Å². The Morgan fingerprint density at radius 2 is 2.05 bits per heavy atom. The van der Waals surface area contributed by atoms with E-state index in [1.54, 1.807) is 13.8 Å². The molecule has 1 aromatic carbocycles. The van der Waals surface area contributed by atoms with Crippen molar-refractivity contribution < 1.29 is 9.90 Å². The van der Waals surface area contributed by atoms with Crippen LogP contribution in [0.5, 0.6) is 0 Å². The second-order valence-electron chi connectivity index (χ2n) is 6.53. The third-order valence-corrected chi connectivity index (χ3v) is 4.39. The molecule has 0 fully saturated rings. The molecule has 0 amide bonds. The smallest absolute Gasteiger partial charge is 0.309 e. The average Bonchev–Trinajstić information content (AvgIpc) is 2.76. The monoisotopic (exact) mass is 271 g/mol. The molecule has 1 aliphatic carbocycles. The van der Waals surface area contributed by atoms with Crippen LogP contribution >= 0.6 is 0 Å². The third-order valence-electron chi connectivity index (χ3n) is 4.39. The van der Waals surface area contributed by atoms with Crippen LogP contribution in [-0.2, 0) is 24.1 Å². The maximum Gasteiger partial charge on any atom is 0.309 e. The molecule has 0 radical (unpaired) electrons. The van der Waals surface area contributed by atoms with Gasteiger partial charge in [-0.2, -0.15) is 0 Å². The number of carbonyl (C=O) groups is 1. The van der Waals surface area contributed by atoms with Gasteiger partial charge in [0, 0.05) is 16.6 Å². The predicted molar refractivity (Wildman–Crippen MR) is 80.1 cm³/mol. The van der Waals surface area contributed by atoms with Crippen LogP contribution in [0.3, 0.4) is 0 Å². The van der Waals surface area contributed by atoms with Gasteiger partial charge >= 0.3 is 5.97 Å². The topological polar surface area (TPSA) is 53.1 Å².